The fourth-order valence-electron chi connectivity index (χ4n) is 1.68. The summed E-state index contributed by atoms with van der Waals surface area (Å²) in [5.74, 6) is 0.722. The van der Waals surface area contributed by atoms with E-state index in [1.165, 1.54) is 6.07 Å². The first-order valence-corrected chi connectivity index (χ1v) is 6.61. The van der Waals surface area contributed by atoms with Gasteiger partial charge in [-0.2, -0.15) is 0 Å². The van der Waals surface area contributed by atoms with Gasteiger partial charge >= 0.3 is 6.03 Å². The molecule has 0 aromatic heterocycles. The van der Waals surface area contributed by atoms with Crippen molar-refractivity contribution in [2.24, 2.45) is 5.92 Å². The average Bonchev–Trinajstić information content (AvgIpc) is 2.32. The van der Waals surface area contributed by atoms with Gasteiger partial charge in [0.15, 0.2) is 0 Å². The second-order valence-electron chi connectivity index (χ2n) is 4.15. The average molecular weight is 254 g/mol. The molecule has 17 heavy (non-hydrogen) atoms. The minimum atomic E-state index is -0.187. The first kappa shape index (κ1) is 12.2. The first-order chi connectivity index (χ1) is 8.16. The Bertz CT molecular complexity index is 413. The normalized spacial score (nSPS) is 24.0. The molecule has 0 aliphatic carbocycles. The van der Waals surface area contributed by atoms with Gasteiger partial charge in [-0.3, -0.25) is 0 Å². The Morgan fingerprint density at radius 3 is 3.00 bits per heavy atom. The van der Waals surface area contributed by atoms with Crippen LogP contribution < -0.4 is 10.6 Å². The van der Waals surface area contributed by atoms with Gasteiger partial charge in [0.2, 0.25) is 0 Å². The molecule has 0 saturated carbocycles. The second-order valence-corrected chi connectivity index (χ2v) is 5.28. The topological polar surface area (TPSA) is 41.1 Å². The number of urea groups is 1. The predicted octanol–water partition coefficient (Wildman–Crippen LogP) is 2.33. The Hall–Kier alpha value is -1.23. The second kappa shape index (κ2) is 5.40. The monoisotopic (exact) mass is 254 g/mol. The van der Waals surface area contributed by atoms with Crippen LogP contribution in [0.15, 0.2) is 24.3 Å². The van der Waals surface area contributed by atoms with Crippen LogP contribution in [0, 0.1) is 11.7 Å². The molecular formula is C12H15FN2OS. The number of rotatable bonds is 3. The van der Waals surface area contributed by atoms with E-state index in [2.05, 4.69) is 17.6 Å². The molecular weight excluding hydrogens is 239 g/mol. The summed E-state index contributed by atoms with van der Waals surface area (Å²) in [6.45, 7) is 2.73. The van der Waals surface area contributed by atoms with Gasteiger partial charge in [0.05, 0.1) is 5.37 Å². The van der Waals surface area contributed by atoms with Gasteiger partial charge in [0, 0.05) is 18.2 Å². The Balaban J connectivity index is 1.93. The van der Waals surface area contributed by atoms with Crippen LogP contribution in [-0.4, -0.2) is 17.9 Å². The summed E-state index contributed by atoms with van der Waals surface area (Å²) in [5.41, 5.74) is 0.678. The van der Waals surface area contributed by atoms with Crippen molar-refractivity contribution in [3.8, 4) is 0 Å². The Morgan fingerprint density at radius 2 is 2.24 bits per heavy atom. The molecule has 1 saturated heterocycles. The summed E-state index contributed by atoms with van der Waals surface area (Å²) in [6, 6.07) is 6.59. The van der Waals surface area contributed by atoms with Gasteiger partial charge in [-0.05, 0) is 11.6 Å². The van der Waals surface area contributed by atoms with Crippen LogP contribution in [0.4, 0.5) is 9.18 Å². The lowest BCUT2D eigenvalue weighted by Gasteiger charge is -2.29. The number of carbonyl (C=O) groups excluding carboxylic acids is 1. The Kier molecular flexibility index (Phi) is 3.89. The smallest absolute Gasteiger partial charge is 0.315 e. The number of nitrogens with one attached hydrogen (secondary N) is 2. The van der Waals surface area contributed by atoms with Crippen molar-refractivity contribution in [3.63, 3.8) is 0 Å². The van der Waals surface area contributed by atoms with E-state index in [9.17, 15) is 9.18 Å². The fraction of sp³-hybridized carbons (Fsp3) is 0.417. The van der Waals surface area contributed by atoms with Gasteiger partial charge in [-0.1, -0.05) is 25.1 Å². The zero-order chi connectivity index (χ0) is 12.3. The Labute approximate surface area is 104 Å². The van der Waals surface area contributed by atoms with E-state index in [1.807, 2.05) is 6.07 Å². The standard InChI is InChI=1S/C12H15FN2OS/c1-8-6-14-12(16)15-11(8)17-7-9-4-2-3-5-10(9)13/h2-5,8,11H,6-7H2,1H3,(H2,14,15,16). The van der Waals surface area contributed by atoms with Gasteiger partial charge < -0.3 is 10.6 Å². The molecule has 1 aromatic rings. The maximum absolute atomic E-state index is 13.4. The largest absolute Gasteiger partial charge is 0.338 e. The molecule has 2 unspecified atom stereocenters. The molecule has 2 N–H and O–H groups in total. The number of amides is 2. The lowest BCUT2D eigenvalue weighted by molar-refractivity contribution is 0.227. The van der Waals surface area contributed by atoms with E-state index in [0.29, 0.717) is 23.8 Å². The molecule has 5 heteroatoms. The van der Waals surface area contributed by atoms with Crippen LogP contribution in [0.5, 0.6) is 0 Å². The minimum Gasteiger partial charge on any atom is -0.338 e. The molecule has 2 amide bonds. The number of thioether (sulfide) groups is 1. The van der Waals surface area contributed by atoms with Crippen LogP contribution in [0.25, 0.3) is 0 Å². The summed E-state index contributed by atoms with van der Waals surface area (Å²) in [5, 5.41) is 5.62. The van der Waals surface area contributed by atoms with Crippen LogP contribution in [0.3, 0.4) is 0 Å². The molecule has 1 aliphatic rings. The van der Waals surface area contributed by atoms with Crippen molar-refractivity contribution in [3.05, 3.63) is 35.6 Å². The zero-order valence-corrected chi connectivity index (χ0v) is 10.4. The number of carbonyl (C=O) groups is 1. The summed E-state index contributed by atoms with van der Waals surface area (Å²) in [6.07, 6.45) is 0. The molecule has 0 spiro atoms. The highest BCUT2D eigenvalue weighted by molar-refractivity contribution is 7.99. The van der Waals surface area contributed by atoms with Gasteiger partial charge in [0.25, 0.3) is 0 Å². The van der Waals surface area contributed by atoms with Crippen LogP contribution in [0.1, 0.15) is 12.5 Å². The third kappa shape index (κ3) is 3.12. The Morgan fingerprint density at radius 1 is 1.47 bits per heavy atom. The SMILES string of the molecule is CC1CNC(=O)NC1SCc1ccccc1F. The molecule has 1 aliphatic heterocycles. The molecule has 0 radical (unpaired) electrons. The third-order valence-electron chi connectivity index (χ3n) is 2.75. The van der Waals surface area contributed by atoms with E-state index in [1.54, 1.807) is 23.9 Å². The molecule has 2 atom stereocenters. The first-order valence-electron chi connectivity index (χ1n) is 5.56. The van der Waals surface area contributed by atoms with Crippen molar-refractivity contribution in [2.45, 2.75) is 18.1 Å². The lowest BCUT2D eigenvalue weighted by atomic mass is 10.1. The van der Waals surface area contributed by atoms with Gasteiger partial charge in [0.1, 0.15) is 5.82 Å². The summed E-state index contributed by atoms with van der Waals surface area (Å²) < 4.78 is 13.4. The van der Waals surface area contributed by atoms with E-state index in [4.69, 9.17) is 0 Å². The van der Waals surface area contributed by atoms with E-state index >= 15 is 0 Å². The molecule has 92 valence electrons. The van der Waals surface area contributed by atoms with Crippen molar-refractivity contribution >= 4 is 17.8 Å². The number of hydrogen-bond donors (Lipinski definition) is 2. The molecule has 1 aromatic carbocycles. The predicted molar refractivity (Wildman–Crippen MR) is 67.2 cm³/mol. The molecule has 1 heterocycles. The number of halogens is 1. The van der Waals surface area contributed by atoms with Crippen LogP contribution in [0.2, 0.25) is 0 Å². The van der Waals surface area contributed by atoms with Crippen LogP contribution in [-0.2, 0) is 5.75 Å². The van der Waals surface area contributed by atoms with E-state index in [-0.39, 0.29) is 17.2 Å². The highest BCUT2D eigenvalue weighted by Crippen LogP contribution is 2.24. The third-order valence-corrected chi connectivity index (χ3v) is 4.17. The van der Waals surface area contributed by atoms with Crippen molar-refractivity contribution in [1.29, 1.82) is 0 Å². The molecule has 3 nitrogen and oxygen atoms in total. The molecule has 0 bridgehead atoms. The maximum Gasteiger partial charge on any atom is 0.315 e. The summed E-state index contributed by atoms with van der Waals surface area (Å²) >= 11 is 1.56. The lowest BCUT2D eigenvalue weighted by Crippen LogP contribution is -2.52. The van der Waals surface area contributed by atoms with Gasteiger partial charge in [-0.25, -0.2) is 9.18 Å². The number of hydrogen-bond acceptors (Lipinski definition) is 2. The fourth-order valence-corrected chi connectivity index (χ4v) is 2.89. The highest BCUT2D eigenvalue weighted by Gasteiger charge is 2.25. The zero-order valence-electron chi connectivity index (χ0n) is 9.57. The van der Waals surface area contributed by atoms with Gasteiger partial charge in [-0.15, -0.1) is 11.8 Å². The number of benzene rings is 1. The quantitative estimate of drug-likeness (QED) is 0.869. The van der Waals surface area contributed by atoms with E-state index < -0.39 is 0 Å². The molecule has 1 fully saturated rings. The maximum atomic E-state index is 13.4. The minimum absolute atomic E-state index is 0.0448. The summed E-state index contributed by atoms with van der Waals surface area (Å²) in [4.78, 5) is 11.2. The van der Waals surface area contributed by atoms with Crippen molar-refractivity contribution in [2.75, 3.05) is 6.54 Å². The van der Waals surface area contributed by atoms with Crippen molar-refractivity contribution < 1.29 is 9.18 Å². The van der Waals surface area contributed by atoms with E-state index in [0.717, 1.165) is 0 Å². The van der Waals surface area contributed by atoms with Crippen LogP contribution >= 0.6 is 11.8 Å². The van der Waals surface area contributed by atoms with Crippen molar-refractivity contribution in [1.82, 2.24) is 10.6 Å². The molecule has 2 rings (SSSR count). The highest BCUT2D eigenvalue weighted by atomic mass is 32.2. The summed E-state index contributed by atoms with van der Waals surface area (Å²) in [7, 11) is 0.